The monoisotopic (exact) mass is 407 g/mol. The Morgan fingerprint density at radius 3 is 2.17 bits per heavy atom. The van der Waals surface area contributed by atoms with Crippen molar-refractivity contribution in [1.29, 1.82) is 0 Å². The van der Waals surface area contributed by atoms with Crippen LogP contribution < -0.4 is 5.48 Å². The summed E-state index contributed by atoms with van der Waals surface area (Å²) in [5, 5.41) is 0. The molecule has 24 heavy (non-hydrogen) atoms. The normalized spacial score (nSPS) is 13.1. The summed E-state index contributed by atoms with van der Waals surface area (Å²) in [4.78, 5) is 27.4. The van der Waals surface area contributed by atoms with Gasteiger partial charge in [0.05, 0.1) is 11.5 Å². The summed E-state index contributed by atoms with van der Waals surface area (Å²) in [5.74, 6) is -1.85. The average molecular weight is 409 g/mol. The van der Waals surface area contributed by atoms with Gasteiger partial charge in [-0.1, -0.05) is 46.9 Å². The summed E-state index contributed by atoms with van der Waals surface area (Å²) in [7, 11) is 0. The van der Waals surface area contributed by atoms with Crippen molar-refractivity contribution in [3.05, 3.63) is 35.4 Å². The van der Waals surface area contributed by atoms with Crippen LogP contribution in [-0.4, -0.2) is 22.5 Å². The molecule has 0 bridgehead atoms. The van der Waals surface area contributed by atoms with Gasteiger partial charge in [-0.2, -0.15) is 13.2 Å². The van der Waals surface area contributed by atoms with Crippen LogP contribution in [0.3, 0.4) is 0 Å². The lowest BCUT2D eigenvalue weighted by molar-refractivity contribution is -0.151. The van der Waals surface area contributed by atoms with Gasteiger partial charge in [0.15, 0.2) is 0 Å². The van der Waals surface area contributed by atoms with E-state index in [1.165, 1.54) is 6.92 Å². The van der Waals surface area contributed by atoms with Gasteiger partial charge in [-0.3, -0.25) is 0 Å². The van der Waals surface area contributed by atoms with E-state index in [1.807, 2.05) is 0 Å². The molecule has 5 nitrogen and oxygen atoms in total. The fraction of sp³-hybridized carbons (Fsp3) is 0.385. The summed E-state index contributed by atoms with van der Waals surface area (Å²) < 4.78 is 40.0. The zero-order chi connectivity index (χ0) is 18.5. The minimum atomic E-state index is -4.48. The Bertz CT molecular complexity index is 588. The van der Waals surface area contributed by atoms with Gasteiger partial charge in [-0.05, 0) is 24.6 Å². The Labute approximate surface area is 149 Å². The number of carbonyl (C=O) groups excluding carboxylic acids is 2. The Morgan fingerprint density at radius 2 is 1.71 bits per heavy atom. The molecule has 0 saturated heterocycles. The van der Waals surface area contributed by atoms with Gasteiger partial charge in [0.25, 0.3) is 0 Å². The Kier molecular flexibility index (Phi) is 7.00. The maximum Gasteiger partial charge on any atom is 0.440 e. The van der Waals surface area contributed by atoms with Crippen molar-refractivity contribution < 1.29 is 32.3 Å². The van der Waals surface area contributed by atoms with E-state index in [9.17, 15) is 22.8 Å². The number of hydrogen-bond donors (Lipinski definition) is 1. The summed E-state index contributed by atoms with van der Waals surface area (Å²) in [6.45, 7) is 0.814. The van der Waals surface area contributed by atoms with E-state index < -0.39 is 40.1 Å². The number of nitrogens with one attached hydrogen (secondary N) is 1. The van der Waals surface area contributed by atoms with E-state index in [2.05, 4.69) is 9.57 Å². The zero-order valence-corrected chi connectivity index (χ0v) is 14.3. The Balaban J connectivity index is 2.54. The second kappa shape index (κ2) is 8.13. The molecule has 0 aliphatic rings. The van der Waals surface area contributed by atoms with Gasteiger partial charge in [-0.25, -0.2) is 9.59 Å². The first-order chi connectivity index (χ1) is 10.9. The summed E-state index contributed by atoms with van der Waals surface area (Å²) >= 11 is 16.1. The molecule has 1 amide bonds. The van der Waals surface area contributed by atoms with Gasteiger partial charge in [0.1, 0.15) is 6.61 Å². The third-order valence-electron chi connectivity index (χ3n) is 2.69. The average Bonchev–Trinajstić information content (AvgIpc) is 2.48. The largest absolute Gasteiger partial charge is 0.443 e. The smallest absolute Gasteiger partial charge is 0.440 e. The van der Waals surface area contributed by atoms with E-state index in [1.54, 1.807) is 5.48 Å². The van der Waals surface area contributed by atoms with Crippen LogP contribution in [0.4, 0.5) is 18.0 Å². The SMILES string of the molecule is CC(C(=O)ONC(=O)OCC(Cl)(Cl)Cl)c1ccc(C(F)(F)F)cc1. The molecular weight excluding hydrogens is 397 g/mol. The van der Waals surface area contributed by atoms with Crippen LogP contribution in [0.1, 0.15) is 24.0 Å². The molecule has 1 aromatic rings. The topological polar surface area (TPSA) is 64.6 Å². The maximum atomic E-state index is 12.5. The number of hydroxylamine groups is 1. The van der Waals surface area contributed by atoms with Gasteiger partial charge in [0.2, 0.25) is 3.79 Å². The van der Waals surface area contributed by atoms with Crippen LogP contribution >= 0.6 is 34.8 Å². The summed E-state index contributed by atoms with van der Waals surface area (Å²) in [5.41, 5.74) is 1.10. The second-order valence-electron chi connectivity index (χ2n) is 4.56. The first-order valence-electron chi connectivity index (χ1n) is 6.27. The van der Waals surface area contributed by atoms with Crippen LogP contribution in [0, 0.1) is 0 Å². The number of amides is 1. The van der Waals surface area contributed by atoms with Crippen molar-refractivity contribution in [3.63, 3.8) is 0 Å². The molecule has 1 rings (SSSR count). The van der Waals surface area contributed by atoms with Crippen LogP contribution in [-0.2, 0) is 20.5 Å². The third kappa shape index (κ3) is 7.02. The molecule has 1 unspecified atom stereocenters. The molecule has 0 saturated carbocycles. The fourth-order valence-electron chi connectivity index (χ4n) is 1.45. The van der Waals surface area contributed by atoms with Crippen molar-refractivity contribution >= 4 is 46.9 Å². The third-order valence-corrected chi connectivity index (χ3v) is 3.02. The molecule has 1 atom stereocenters. The minimum absolute atomic E-state index is 0.268. The van der Waals surface area contributed by atoms with Crippen molar-refractivity contribution in [2.45, 2.75) is 22.8 Å². The molecule has 0 fully saturated rings. The fourth-order valence-corrected chi connectivity index (χ4v) is 1.62. The predicted octanol–water partition coefficient (Wildman–Crippen LogP) is 4.36. The van der Waals surface area contributed by atoms with Gasteiger partial charge in [0, 0.05) is 0 Å². The van der Waals surface area contributed by atoms with E-state index in [-0.39, 0.29) is 5.56 Å². The van der Waals surface area contributed by atoms with E-state index in [0.29, 0.717) is 0 Å². The van der Waals surface area contributed by atoms with E-state index in [4.69, 9.17) is 34.8 Å². The zero-order valence-electron chi connectivity index (χ0n) is 12.0. The highest BCUT2D eigenvalue weighted by atomic mass is 35.6. The van der Waals surface area contributed by atoms with Crippen molar-refractivity contribution in [1.82, 2.24) is 5.48 Å². The van der Waals surface area contributed by atoms with E-state index >= 15 is 0 Å². The lowest BCUT2D eigenvalue weighted by atomic mass is 10.00. The Hall–Kier alpha value is -1.38. The second-order valence-corrected chi connectivity index (χ2v) is 7.07. The van der Waals surface area contributed by atoms with Gasteiger partial charge in [-0.15, -0.1) is 5.48 Å². The van der Waals surface area contributed by atoms with Crippen LogP contribution in [0.2, 0.25) is 0 Å². The molecule has 11 heteroatoms. The quantitative estimate of drug-likeness (QED) is 0.596. The van der Waals surface area contributed by atoms with Crippen LogP contribution in [0.25, 0.3) is 0 Å². The number of benzene rings is 1. The number of ether oxygens (including phenoxy) is 1. The lowest BCUT2D eigenvalue weighted by Crippen LogP contribution is -2.31. The molecular formula is C13H11Cl3F3NO4. The molecule has 0 aliphatic heterocycles. The van der Waals surface area contributed by atoms with E-state index in [0.717, 1.165) is 24.3 Å². The van der Waals surface area contributed by atoms with Crippen LogP contribution in [0.5, 0.6) is 0 Å². The molecule has 0 aromatic heterocycles. The highest BCUT2D eigenvalue weighted by Gasteiger charge is 2.30. The molecule has 0 heterocycles. The van der Waals surface area contributed by atoms with Crippen molar-refractivity contribution in [2.75, 3.05) is 6.61 Å². The summed E-state index contributed by atoms with van der Waals surface area (Å²) in [6.07, 6.45) is -5.65. The Morgan fingerprint density at radius 1 is 1.17 bits per heavy atom. The van der Waals surface area contributed by atoms with Crippen molar-refractivity contribution in [3.8, 4) is 0 Å². The predicted molar refractivity (Wildman–Crippen MR) is 80.7 cm³/mol. The number of carbonyl (C=O) groups is 2. The number of halogens is 6. The minimum Gasteiger partial charge on any atom is -0.443 e. The van der Waals surface area contributed by atoms with Gasteiger partial charge < -0.3 is 9.57 Å². The molecule has 1 N–H and O–H groups in total. The maximum absolute atomic E-state index is 12.5. The first-order valence-corrected chi connectivity index (χ1v) is 7.41. The van der Waals surface area contributed by atoms with Gasteiger partial charge >= 0.3 is 18.2 Å². The van der Waals surface area contributed by atoms with Crippen molar-refractivity contribution in [2.24, 2.45) is 0 Å². The standard InChI is InChI=1S/C13H11Cl3F3NO4/c1-7(8-2-4-9(5-3-8)13(17,18)19)10(21)24-20-11(22)23-6-12(14,15)16/h2-5,7H,6H2,1H3,(H,20,22). The number of hydrogen-bond acceptors (Lipinski definition) is 4. The first kappa shape index (κ1) is 20.7. The molecule has 0 radical (unpaired) electrons. The lowest BCUT2D eigenvalue weighted by Gasteiger charge is -2.14. The number of rotatable bonds is 3. The molecule has 134 valence electrons. The molecule has 1 aromatic carbocycles. The highest BCUT2D eigenvalue weighted by molar-refractivity contribution is 6.67. The number of alkyl halides is 6. The summed E-state index contributed by atoms with van der Waals surface area (Å²) in [6, 6.07) is 3.94. The molecule has 0 spiro atoms. The molecule has 0 aliphatic carbocycles. The van der Waals surface area contributed by atoms with Crippen LogP contribution in [0.15, 0.2) is 24.3 Å². The highest BCUT2D eigenvalue weighted by Crippen LogP contribution is 2.30.